The van der Waals surface area contributed by atoms with Crippen molar-refractivity contribution in [2.24, 2.45) is 0 Å². The first kappa shape index (κ1) is 20.8. The Kier molecular flexibility index (Phi) is 6.63. The zero-order chi connectivity index (χ0) is 20.9. The molecule has 1 aromatic heterocycles. The van der Waals surface area contributed by atoms with E-state index >= 15 is 0 Å². The van der Waals surface area contributed by atoms with Crippen molar-refractivity contribution >= 4 is 11.0 Å². The van der Waals surface area contributed by atoms with Gasteiger partial charge < -0.3 is 4.57 Å². The molecule has 1 aliphatic rings. The van der Waals surface area contributed by atoms with Gasteiger partial charge in [0.25, 0.3) is 5.56 Å². The Labute approximate surface area is 179 Å². The molecule has 1 aliphatic heterocycles. The third-order valence-corrected chi connectivity index (χ3v) is 6.57. The first-order valence-electron chi connectivity index (χ1n) is 11.5. The molecule has 2 aromatic carbocycles. The second-order valence-electron chi connectivity index (χ2n) is 8.70. The van der Waals surface area contributed by atoms with E-state index in [1.807, 2.05) is 59.2 Å². The number of para-hydroxylation sites is 2. The van der Waals surface area contributed by atoms with Crippen LogP contribution in [-0.4, -0.2) is 33.1 Å². The quantitative estimate of drug-likeness (QED) is 0.489. The van der Waals surface area contributed by atoms with Crippen LogP contribution in [0.15, 0.2) is 59.4 Å². The Bertz CT molecular complexity index is 1020. The second-order valence-corrected chi connectivity index (χ2v) is 8.70. The molecule has 0 amide bonds. The molecule has 1 saturated heterocycles. The lowest BCUT2D eigenvalue weighted by Gasteiger charge is -2.39. The van der Waals surface area contributed by atoms with E-state index in [1.54, 1.807) is 0 Å². The Morgan fingerprint density at radius 2 is 1.53 bits per heavy atom. The number of fused-ring (bicyclic) bond motifs is 1. The van der Waals surface area contributed by atoms with Gasteiger partial charge in [0.15, 0.2) is 0 Å². The molecule has 2 unspecified atom stereocenters. The van der Waals surface area contributed by atoms with E-state index in [9.17, 15) is 4.79 Å². The van der Waals surface area contributed by atoms with Crippen molar-refractivity contribution < 1.29 is 0 Å². The number of hydrogen-bond donors (Lipinski definition) is 0. The Balaban J connectivity index is 1.47. The van der Waals surface area contributed by atoms with E-state index in [1.165, 1.54) is 32.2 Å². The highest BCUT2D eigenvalue weighted by molar-refractivity contribution is 5.77. The van der Waals surface area contributed by atoms with Crippen molar-refractivity contribution in [3.05, 3.63) is 65.0 Å². The second kappa shape index (κ2) is 9.57. The van der Waals surface area contributed by atoms with E-state index in [-0.39, 0.29) is 5.56 Å². The van der Waals surface area contributed by atoms with Crippen molar-refractivity contribution in [3.8, 4) is 11.3 Å². The smallest absolute Gasteiger partial charge is 0.277 e. The predicted molar refractivity (Wildman–Crippen MR) is 125 cm³/mol. The van der Waals surface area contributed by atoms with Gasteiger partial charge in [0.2, 0.25) is 0 Å². The number of hydrogen-bond acceptors (Lipinski definition) is 3. The van der Waals surface area contributed by atoms with Crippen LogP contribution < -0.4 is 5.56 Å². The number of likely N-dealkylation sites (tertiary alicyclic amines) is 1. The lowest BCUT2D eigenvalue weighted by atomic mass is 9.97. The molecule has 4 nitrogen and oxygen atoms in total. The average Bonchev–Trinajstić information content (AvgIpc) is 2.77. The topological polar surface area (TPSA) is 38.1 Å². The van der Waals surface area contributed by atoms with Gasteiger partial charge in [-0.25, -0.2) is 4.98 Å². The van der Waals surface area contributed by atoms with Crippen molar-refractivity contribution in [1.29, 1.82) is 0 Å². The van der Waals surface area contributed by atoms with Crippen molar-refractivity contribution in [2.45, 2.75) is 71.0 Å². The fourth-order valence-electron chi connectivity index (χ4n) is 4.86. The SMILES string of the molecule is CC1CCCC(C)N1CCCCCn1c(=O)c(-c2ccccc2)nc2ccccc21. The van der Waals surface area contributed by atoms with Gasteiger partial charge >= 0.3 is 0 Å². The fraction of sp³-hybridized carbons (Fsp3) is 0.462. The van der Waals surface area contributed by atoms with Gasteiger partial charge in [-0.2, -0.15) is 0 Å². The minimum Gasteiger partial charge on any atom is -0.305 e. The maximum atomic E-state index is 13.3. The molecule has 0 bridgehead atoms. The summed E-state index contributed by atoms with van der Waals surface area (Å²) in [6.07, 6.45) is 7.35. The molecular formula is C26H33N3O. The van der Waals surface area contributed by atoms with Gasteiger partial charge in [-0.1, -0.05) is 55.3 Å². The number of aromatic nitrogens is 2. The zero-order valence-electron chi connectivity index (χ0n) is 18.3. The maximum absolute atomic E-state index is 13.3. The lowest BCUT2D eigenvalue weighted by molar-refractivity contribution is 0.101. The summed E-state index contributed by atoms with van der Waals surface area (Å²) >= 11 is 0. The summed E-state index contributed by atoms with van der Waals surface area (Å²) in [5.41, 5.74) is 3.26. The van der Waals surface area contributed by atoms with Gasteiger partial charge in [0.05, 0.1) is 11.0 Å². The van der Waals surface area contributed by atoms with Gasteiger partial charge in [-0.3, -0.25) is 9.69 Å². The first-order valence-corrected chi connectivity index (χ1v) is 11.5. The summed E-state index contributed by atoms with van der Waals surface area (Å²) < 4.78 is 1.93. The Morgan fingerprint density at radius 1 is 0.867 bits per heavy atom. The monoisotopic (exact) mass is 403 g/mol. The van der Waals surface area contributed by atoms with Crippen LogP contribution in [0.25, 0.3) is 22.3 Å². The van der Waals surface area contributed by atoms with Crippen LogP contribution in [0.5, 0.6) is 0 Å². The average molecular weight is 404 g/mol. The zero-order valence-corrected chi connectivity index (χ0v) is 18.3. The van der Waals surface area contributed by atoms with Gasteiger partial charge in [0.1, 0.15) is 5.69 Å². The van der Waals surface area contributed by atoms with E-state index < -0.39 is 0 Å². The molecule has 0 radical (unpaired) electrons. The van der Waals surface area contributed by atoms with Gasteiger partial charge in [0, 0.05) is 24.2 Å². The van der Waals surface area contributed by atoms with Crippen LogP contribution in [0.3, 0.4) is 0 Å². The van der Waals surface area contributed by atoms with Crippen LogP contribution in [-0.2, 0) is 6.54 Å². The van der Waals surface area contributed by atoms with Crippen molar-refractivity contribution in [1.82, 2.24) is 14.5 Å². The fourth-order valence-corrected chi connectivity index (χ4v) is 4.86. The lowest BCUT2D eigenvalue weighted by Crippen LogP contribution is -2.44. The molecule has 2 heterocycles. The van der Waals surface area contributed by atoms with Gasteiger partial charge in [-0.05, 0) is 58.2 Å². The molecule has 3 aromatic rings. The number of unbranched alkanes of at least 4 members (excludes halogenated alkanes) is 2. The van der Waals surface area contributed by atoms with Crippen molar-refractivity contribution in [2.75, 3.05) is 6.54 Å². The predicted octanol–water partition coefficient (Wildman–Crippen LogP) is 5.50. The third-order valence-electron chi connectivity index (χ3n) is 6.57. The molecule has 30 heavy (non-hydrogen) atoms. The summed E-state index contributed by atoms with van der Waals surface area (Å²) in [5.74, 6) is 0. The Hall–Kier alpha value is -2.46. The number of piperidine rings is 1. The molecule has 1 fully saturated rings. The summed E-state index contributed by atoms with van der Waals surface area (Å²) in [4.78, 5) is 20.6. The van der Waals surface area contributed by atoms with Crippen LogP contribution in [0.2, 0.25) is 0 Å². The van der Waals surface area contributed by atoms with E-state index in [0.29, 0.717) is 17.8 Å². The summed E-state index contributed by atoms with van der Waals surface area (Å²) in [6, 6.07) is 19.2. The normalized spacial score (nSPS) is 19.9. The number of rotatable bonds is 7. The first-order chi connectivity index (χ1) is 14.6. The summed E-state index contributed by atoms with van der Waals surface area (Å²) in [6.45, 7) is 6.64. The number of benzene rings is 2. The number of nitrogens with zero attached hydrogens (tertiary/aromatic N) is 3. The molecular weight excluding hydrogens is 370 g/mol. The molecule has 4 heteroatoms. The molecule has 0 saturated carbocycles. The maximum Gasteiger partial charge on any atom is 0.277 e. The highest BCUT2D eigenvalue weighted by Gasteiger charge is 2.23. The van der Waals surface area contributed by atoms with E-state index in [2.05, 4.69) is 23.7 Å². The highest BCUT2D eigenvalue weighted by Crippen LogP contribution is 2.23. The highest BCUT2D eigenvalue weighted by atomic mass is 16.1. The standard InChI is InChI=1S/C26H33N3O/c1-20-12-11-13-21(2)28(20)18-9-4-10-19-29-24-17-8-7-16-23(24)27-25(26(29)30)22-14-5-3-6-15-22/h3,5-8,14-17,20-21H,4,9-13,18-19H2,1-2H3. The molecule has 4 rings (SSSR count). The molecule has 158 valence electrons. The summed E-state index contributed by atoms with van der Waals surface area (Å²) in [5, 5.41) is 0. The Morgan fingerprint density at radius 3 is 2.30 bits per heavy atom. The van der Waals surface area contributed by atoms with E-state index in [4.69, 9.17) is 0 Å². The number of aryl methyl sites for hydroxylation is 1. The van der Waals surface area contributed by atoms with Crippen LogP contribution in [0, 0.1) is 0 Å². The van der Waals surface area contributed by atoms with Crippen LogP contribution in [0.4, 0.5) is 0 Å². The summed E-state index contributed by atoms with van der Waals surface area (Å²) in [7, 11) is 0. The molecule has 0 N–H and O–H groups in total. The largest absolute Gasteiger partial charge is 0.305 e. The minimum absolute atomic E-state index is 0.0122. The van der Waals surface area contributed by atoms with E-state index in [0.717, 1.165) is 36.0 Å². The van der Waals surface area contributed by atoms with Crippen LogP contribution in [0.1, 0.15) is 52.4 Å². The van der Waals surface area contributed by atoms with Crippen molar-refractivity contribution in [3.63, 3.8) is 0 Å². The van der Waals surface area contributed by atoms with Crippen LogP contribution >= 0.6 is 0 Å². The molecule has 0 aliphatic carbocycles. The third kappa shape index (κ3) is 4.49. The molecule has 2 atom stereocenters. The minimum atomic E-state index is 0.0122. The molecule has 0 spiro atoms. The van der Waals surface area contributed by atoms with Gasteiger partial charge in [-0.15, -0.1) is 0 Å².